The van der Waals surface area contributed by atoms with Crippen LogP contribution in [0.4, 0.5) is 11.5 Å². The minimum Gasteiger partial charge on any atom is -0.348 e. The summed E-state index contributed by atoms with van der Waals surface area (Å²) in [6, 6.07) is 24.8. The van der Waals surface area contributed by atoms with E-state index in [2.05, 4.69) is 39.7 Å². The molecule has 0 saturated carbocycles. The molecule has 1 heterocycles. The number of carbonyl (C=O) groups excluding carboxylic acids is 1. The van der Waals surface area contributed by atoms with Gasteiger partial charge < -0.3 is 10.6 Å². The monoisotopic (exact) mass is 428 g/mol. The molecule has 0 spiro atoms. The Morgan fingerprint density at radius 3 is 2.42 bits per heavy atom. The molecular weight excluding hydrogens is 408 g/mol. The largest absolute Gasteiger partial charge is 0.348 e. The quantitative estimate of drug-likeness (QED) is 0.408. The van der Waals surface area contributed by atoms with Gasteiger partial charge in [-0.05, 0) is 42.8 Å². The van der Waals surface area contributed by atoms with Crippen LogP contribution < -0.4 is 10.6 Å². The van der Waals surface area contributed by atoms with Gasteiger partial charge in [0.05, 0.1) is 5.69 Å². The highest BCUT2D eigenvalue weighted by atomic mass is 35.5. The molecule has 0 aliphatic heterocycles. The average Bonchev–Trinajstić information content (AvgIpc) is 2.79. The molecule has 1 amide bonds. The lowest BCUT2D eigenvalue weighted by molar-refractivity contribution is 0.0951. The molecule has 0 bridgehead atoms. The van der Waals surface area contributed by atoms with Crippen molar-refractivity contribution in [1.82, 2.24) is 15.3 Å². The van der Waals surface area contributed by atoms with Gasteiger partial charge in [0.15, 0.2) is 0 Å². The number of rotatable bonds is 6. The third-order valence-corrected chi connectivity index (χ3v) is 5.20. The van der Waals surface area contributed by atoms with Crippen molar-refractivity contribution in [3.63, 3.8) is 0 Å². The van der Waals surface area contributed by atoms with E-state index < -0.39 is 0 Å². The minimum atomic E-state index is -0.157. The second kappa shape index (κ2) is 9.41. The molecule has 154 valence electrons. The number of hydrogen-bond donors (Lipinski definition) is 2. The Kier molecular flexibility index (Phi) is 6.24. The SMILES string of the molecule is Cc1ccc(-c2cc(Nc3ccc(C(=O)NCc4ccccc4Cl)cc3)ncn2)cc1. The predicted octanol–water partition coefficient (Wildman–Crippen LogP) is 5.78. The zero-order valence-electron chi connectivity index (χ0n) is 17.0. The second-order valence-corrected chi connectivity index (χ2v) is 7.54. The number of benzene rings is 3. The molecule has 1 aromatic heterocycles. The first kappa shape index (κ1) is 20.6. The highest BCUT2D eigenvalue weighted by Crippen LogP contribution is 2.22. The fourth-order valence-corrected chi connectivity index (χ4v) is 3.28. The molecule has 6 heteroatoms. The third kappa shape index (κ3) is 5.27. The molecule has 0 fully saturated rings. The summed E-state index contributed by atoms with van der Waals surface area (Å²) in [4.78, 5) is 21.1. The van der Waals surface area contributed by atoms with Gasteiger partial charge >= 0.3 is 0 Å². The van der Waals surface area contributed by atoms with E-state index in [9.17, 15) is 4.79 Å². The van der Waals surface area contributed by atoms with Gasteiger partial charge in [0, 0.05) is 34.4 Å². The number of anilines is 2. The van der Waals surface area contributed by atoms with Crippen LogP contribution in [0.25, 0.3) is 11.3 Å². The van der Waals surface area contributed by atoms with Crippen molar-refractivity contribution in [1.29, 1.82) is 0 Å². The Hall–Kier alpha value is -3.70. The van der Waals surface area contributed by atoms with E-state index in [-0.39, 0.29) is 5.91 Å². The highest BCUT2D eigenvalue weighted by molar-refractivity contribution is 6.31. The van der Waals surface area contributed by atoms with Crippen LogP contribution in [0, 0.1) is 6.92 Å². The van der Waals surface area contributed by atoms with Gasteiger partial charge in [0.25, 0.3) is 5.91 Å². The van der Waals surface area contributed by atoms with Crippen molar-refractivity contribution < 1.29 is 4.79 Å². The Morgan fingerprint density at radius 2 is 1.68 bits per heavy atom. The number of carbonyl (C=O) groups is 1. The lowest BCUT2D eigenvalue weighted by Gasteiger charge is -2.09. The second-order valence-electron chi connectivity index (χ2n) is 7.13. The van der Waals surface area contributed by atoms with Crippen molar-refractivity contribution in [2.45, 2.75) is 13.5 Å². The van der Waals surface area contributed by atoms with Crippen LogP contribution in [0.15, 0.2) is 85.2 Å². The maximum Gasteiger partial charge on any atom is 0.251 e. The third-order valence-electron chi connectivity index (χ3n) is 4.83. The first-order valence-corrected chi connectivity index (χ1v) is 10.2. The molecule has 3 aromatic carbocycles. The van der Waals surface area contributed by atoms with Crippen LogP contribution in [-0.2, 0) is 6.54 Å². The summed E-state index contributed by atoms with van der Waals surface area (Å²) >= 11 is 6.14. The zero-order chi connectivity index (χ0) is 21.6. The van der Waals surface area contributed by atoms with Crippen molar-refractivity contribution in [2.24, 2.45) is 0 Å². The smallest absolute Gasteiger partial charge is 0.251 e. The summed E-state index contributed by atoms with van der Waals surface area (Å²) in [5.74, 6) is 0.525. The van der Waals surface area contributed by atoms with Crippen molar-refractivity contribution in [2.75, 3.05) is 5.32 Å². The number of halogens is 1. The van der Waals surface area contributed by atoms with Gasteiger partial charge in [-0.1, -0.05) is 59.6 Å². The van der Waals surface area contributed by atoms with Crippen LogP contribution in [0.5, 0.6) is 0 Å². The summed E-state index contributed by atoms with van der Waals surface area (Å²) in [5.41, 5.74) is 5.35. The predicted molar refractivity (Wildman–Crippen MR) is 125 cm³/mol. The Balaban J connectivity index is 1.40. The first-order chi connectivity index (χ1) is 15.1. The lowest BCUT2D eigenvalue weighted by atomic mass is 10.1. The minimum absolute atomic E-state index is 0.157. The first-order valence-electron chi connectivity index (χ1n) is 9.86. The number of aryl methyl sites for hydroxylation is 1. The van der Waals surface area contributed by atoms with Gasteiger partial charge in [-0.15, -0.1) is 0 Å². The van der Waals surface area contributed by atoms with E-state index in [1.165, 1.54) is 11.9 Å². The number of nitrogens with zero attached hydrogens (tertiary/aromatic N) is 2. The topological polar surface area (TPSA) is 66.9 Å². The Morgan fingerprint density at radius 1 is 0.935 bits per heavy atom. The normalized spacial score (nSPS) is 10.5. The van der Waals surface area contributed by atoms with Crippen LogP contribution in [0.2, 0.25) is 5.02 Å². The molecule has 4 rings (SSSR count). The highest BCUT2D eigenvalue weighted by Gasteiger charge is 2.08. The Bertz CT molecular complexity index is 1190. The summed E-state index contributed by atoms with van der Waals surface area (Å²) in [6.45, 7) is 2.43. The lowest BCUT2D eigenvalue weighted by Crippen LogP contribution is -2.22. The summed E-state index contributed by atoms with van der Waals surface area (Å²) < 4.78 is 0. The fraction of sp³-hybridized carbons (Fsp3) is 0.0800. The molecule has 0 atom stereocenters. The standard InChI is InChI=1S/C25H21ClN4O/c1-17-6-8-18(9-7-17)23-14-24(29-16-28-23)30-21-12-10-19(11-13-21)25(31)27-15-20-4-2-3-5-22(20)26/h2-14,16H,15H2,1H3,(H,27,31)(H,28,29,30). The molecule has 4 aromatic rings. The van der Waals surface area contributed by atoms with Gasteiger partial charge in [-0.2, -0.15) is 0 Å². The van der Waals surface area contributed by atoms with E-state index >= 15 is 0 Å². The van der Waals surface area contributed by atoms with Gasteiger partial charge in [0.1, 0.15) is 12.1 Å². The van der Waals surface area contributed by atoms with E-state index in [4.69, 9.17) is 11.6 Å². The van der Waals surface area contributed by atoms with Crippen LogP contribution >= 0.6 is 11.6 Å². The van der Waals surface area contributed by atoms with Crippen LogP contribution in [0.1, 0.15) is 21.5 Å². The van der Waals surface area contributed by atoms with Crippen LogP contribution in [-0.4, -0.2) is 15.9 Å². The zero-order valence-corrected chi connectivity index (χ0v) is 17.7. The van der Waals surface area contributed by atoms with Crippen molar-refractivity contribution in [3.8, 4) is 11.3 Å². The van der Waals surface area contributed by atoms with Gasteiger partial charge in [0.2, 0.25) is 0 Å². The number of amides is 1. The molecule has 2 N–H and O–H groups in total. The number of nitrogens with one attached hydrogen (secondary N) is 2. The van der Waals surface area contributed by atoms with Crippen molar-refractivity contribution >= 4 is 29.0 Å². The fourth-order valence-electron chi connectivity index (χ4n) is 3.08. The molecule has 31 heavy (non-hydrogen) atoms. The molecule has 0 unspecified atom stereocenters. The Labute approximate surface area is 186 Å². The maximum atomic E-state index is 12.4. The van der Waals surface area contributed by atoms with Crippen LogP contribution in [0.3, 0.4) is 0 Å². The number of aromatic nitrogens is 2. The molecular formula is C25H21ClN4O. The van der Waals surface area contributed by atoms with E-state index in [0.29, 0.717) is 22.9 Å². The van der Waals surface area contributed by atoms with E-state index in [1.807, 2.05) is 48.5 Å². The summed E-state index contributed by atoms with van der Waals surface area (Å²) in [5, 5.41) is 6.78. The molecule has 0 radical (unpaired) electrons. The average molecular weight is 429 g/mol. The van der Waals surface area contributed by atoms with Gasteiger partial charge in [-0.25, -0.2) is 9.97 Å². The summed E-state index contributed by atoms with van der Waals surface area (Å²) in [7, 11) is 0. The molecule has 0 saturated heterocycles. The molecule has 5 nitrogen and oxygen atoms in total. The van der Waals surface area contributed by atoms with Gasteiger partial charge in [-0.3, -0.25) is 4.79 Å². The van der Waals surface area contributed by atoms with E-state index in [1.54, 1.807) is 18.2 Å². The maximum absolute atomic E-state index is 12.4. The number of hydrogen-bond acceptors (Lipinski definition) is 4. The van der Waals surface area contributed by atoms with E-state index in [0.717, 1.165) is 22.5 Å². The summed E-state index contributed by atoms with van der Waals surface area (Å²) in [6.07, 6.45) is 1.54. The van der Waals surface area contributed by atoms with Crippen molar-refractivity contribution in [3.05, 3.63) is 107 Å². The molecule has 0 aliphatic carbocycles. The molecule has 0 aliphatic rings.